The van der Waals surface area contributed by atoms with Gasteiger partial charge in [0.15, 0.2) is 5.82 Å². The van der Waals surface area contributed by atoms with Crippen LogP contribution in [0.5, 0.6) is 0 Å². The molecule has 3 aromatic heterocycles. The van der Waals surface area contributed by atoms with E-state index in [2.05, 4.69) is 25.7 Å². The van der Waals surface area contributed by atoms with Crippen molar-refractivity contribution in [2.45, 2.75) is 45.7 Å². The maximum atomic E-state index is 12.6. The number of tetrazole rings is 1. The number of rotatable bonds is 4. The predicted octanol–water partition coefficient (Wildman–Crippen LogP) is 1.76. The van der Waals surface area contributed by atoms with Gasteiger partial charge < -0.3 is 9.72 Å². The molecule has 0 spiro atoms. The van der Waals surface area contributed by atoms with Crippen molar-refractivity contribution < 1.29 is 4.79 Å². The molecule has 3 aromatic rings. The van der Waals surface area contributed by atoms with E-state index in [0.717, 1.165) is 24.2 Å². The molecular weight excluding hydrogens is 306 g/mol. The van der Waals surface area contributed by atoms with Crippen LogP contribution in [0.1, 0.15) is 59.4 Å². The minimum absolute atomic E-state index is 0.190. The zero-order valence-electron chi connectivity index (χ0n) is 13.9. The van der Waals surface area contributed by atoms with Gasteiger partial charge in [-0.05, 0) is 51.0 Å². The summed E-state index contributed by atoms with van der Waals surface area (Å²) in [6.07, 6.45) is 4.05. The Morgan fingerprint density at radius 2 is 2.17 bits per heavy atom. The van der Waals surface area contributed by atoms with Crippen molar-refractivity contribution in [3.05, 3.63) is 41.1 Å². The smallest absolute Gasteiger partial charge is 0.255 e. The zero-order chi connectivity index (χ0) is 16.8. The zero-order valence-corrected chi connectivity index (χ0v) is 13.9. The van der Waals surface area contributed by atoms with Crippen LogP contribution in [0.15, 0.2) is 18.3 Å². The highest BCUT2D eigenvalue weighted by atomic mass is 16.1. The van der Waals surface area contributed by atoms with Crippen molar-refractivity contribution in [3.63, 3.8) is 0 Å². The number of hydrogen-bond donors (Lipinski definition) is 1. The number of nitrogens with one attached hydrogen (secondary N) is 1. The molecule has 4 rings (SSSR count). The number of fused-ring (bicyclic) bond motifs is 1. The Morgan fingerprint density at radius 3 is 2.92 bits per heavy atom. The molecule has 1 fully saturated rings. The molecule has 1 unspecified atom stereocenters. The Kier molecular flexibility index (Phi) is 3.33. The van der Waals surface area contributed by atoms with Gasteiger partial charge in [0.05, 0.1) is 17.6 Å². The molecule has 8 heteroatoms. The van der Waals surface area contributed by atoms with Gasteiger partial charge in [0.2, 0.25) is 0 Å². The lowest BCUT2D eigenvalue weighted by atomic mass is 10.2. The second kappa shape index (κ2) is 5.40. The van der Waals surface area contributed by atoms with E-state index in [-0.39, 0.29) is 11.9 Å². The molecule has 3 heterocycles. The molecule has 1 aliphatic rings. The third-order valence-corrected chi connectivity index (χ3v) is 4.24. The van der Waals surface area contributed by atoms with Crippen LogP contribution in [0.3, 0.4) is 0 Å². The summed E-state index contributed by atoms with van der Waals surface area (Å²) in [5.74, 6) is 0.337. The Hall–Kier alpha value is -2.77. The summed E-state index contributed by atoms with van der Waals surface area (Å²) in [5, 5.41) is 15.4. The van der Waals surface area contributed by atoms with E-state index < -0.39 is 0 Å². The Labute approximate surface area is 138 Å². The van der Waals surface area contributed by atoms with E-state index in [0.29, 0.717) is 23.1 Å². The van der Waals surface area contributed by atoms with Crippen LogP contribution in [-0.4, -0.2) is 35.5 Å². The summed E-state index contributed by atoms with van der Waals surface area (Å²) in [6, 6.07) is 3.83. The first-order chi connectivity index (χ1) is 11.5. The van der Waals surface area contributed by atoms with Crippen LogP contribution in [0.2, 0.25) is 0 Å². The Morgan fingerprint density at radius 1 is 1.38 bits per heavy atom. The molecule has 1 aliphatic carbocycles. The fraction of sp³-hybridized carbons (Fsp3) is 0.438. The second-order valence-corrected chi connectivity index (χ2v) is 6.36. The molecule has 8 nitrogen and oxygen atoms in total. The molecule has 1 saturated carbocycles. The van der Waals surface area contributed by atoms with Crippen molar-refractivity contribution in [1.29, 1.82) is 0 Å². The summed E-state index contributed by atoms with van der Waals surface area (Å²) in [7, 11) is 0. The minimum Gasteiger partial charge on any atom is -0.342 e. The molecule has 1 amide bonds. The van der Waals surface area contributed by atoms with Crippen molar-refractivity contribution in [3.8, 4) is 0 Å². The van der Waals surface area contributed by atoms with Gasteiger partial charge in [-0.1, -0.05) is 0 Å². The number of aryl methyl sites for hydroxylation is 2. The maximum absolute atomic E-state index is 12.6. The number of nitrogens with zero attached hydrogens (tertiary/aromatic N) is 6. The van der Waals surface area contributed by atoms with Crippen LogP contribution in [-0.2, 0) is 0 Å². The van der Waals surface area contributed by atoms with E-state index in [1.54, 1.807) is 10.9 Å². The first kappa shape index (κ1) is 14.8. The fourth-order valence-electron chi connectivity index (χ4n) is 2.78. The molecule has 1 atom stereocenters. The number of carbonyl (C=O) groups excluding carboxylic acids is 1. The van der Waals surface area contributed by atoms with E-state index in [9.17, 15) is 4.79 Å². The molecule has 24 heavy (non-hydrogen) atoms. The molecule has 1 N–H and O–H groups in total. The predicted molar refractivity (Wildman–Crippen MR) is 86.6 cm³/mol. The van der Waals surface area contributed by atoms with E-state index in [1.165, 1.54) is 0 Å². The number of hydrogen-bond acceptors (Lipinski definition) is 5. The summed E-state index contributed by atoms with van der Waals surface area (Å²) in [5.41, 5.74) is 3.13. The summed E-state index contributed by atoms with van der Waals surface area (Å²) in [4.78, 5) is 18.8. The van der Waals surface area contributed by atoms with Crippen LogP contribution in [0.25, 0.3) is 5.65 Å². The van der Waals surface area contributed by atoms with Crippen LogP contribution >= 0.6 is 0 Å². The first-order valence-electron chi connectivity index (χ1n) is 8.08. The van der Waals surface area contributed by atoms with Gasteiger partial charge in [0.1, 0.15) is 5.65 Å². The van der Waals surface area contributed by atoms with Crippen molar-refractivity contribution in [1.82, 2.24) is 34.9 Å². The van der Waals surface area contributed by atoms with E-state index >= 15 is 0 Å². The number of carbonyl (C=O) groups is 1. The lowest BCUT2D eigenvalue weighted by Gasteiger charge is -2.10. The molecule has 0 bridgehead atoms. The average Bonchev–Trinajstić information content (AvgIpc) is 3.10. The first-order valence-corrected chi connectivity index (χ1v) is 8.08. The minimum atomic E-state index is -0.314. The van der Waals surface area contributed by atoms with Crippen LogP contribution in [0, 0.1) is 13.8 Å². The van der Waals surface area contributed by atoms with Gasteiger partial charge >= 0.3 is 0 Å². The van der Waals surface area contributed by atoms with Crippen LogP contribution < -0.4 is 5.32 Å². The van der Waals surface area contributed by atoms with Crippen molar-refractivity contribution >= 4 is 11.6 Å². The monoisotopic (exact) mass is 325 g/mol. The third kappa shape index (κ3) is 2.53. The van der Waals surface area contributed by atoms with Gasteiger partial charge in [0.25, 0.3) is 5.91 Å². The van der Waals surface area contributed by atoms with E-state index in [1.807, 2.05) is 37.4 Å². The summed E-state index contributed by atoms with van der Waals surface area (Å²) >= 11 is 0. The maximum Gasteiger partial charge on any atom is 0.255 e. The Balaban J connectivity index is 1.57. The van der Waals surface area contributed by atoms with Crippen molar-refractivity contribution in [2.75, 3.05) is 0 Å². The average molecular weight is 325 g/mol. The quantitative estimate of drug-likeness (QED) is 0.789. The lowest BCUT2D eigenvalue weighted by molar-refractivity contribution is 0.0940. The molecule has 0 saturated heterocycles. The van der Waals surface area contributed by atoms with Gasteiger partial charge in [-0.15, -0.1) is 10.2 Å². The second-order valence-electron chi connectivity index (χ2n) is 6.36. The molecule has 124 valence electrons. The largest absolute Gasteiger partial charge is 0.342 e. The third-order valence-electron chi connectivity index (χ3n) is 4.24. The van der Waals surface area contributed by atoms with Gasteiger partial charge in [-0.3, -0.25) is 4.79 Å². The topological polar surface area (TPSA) is 90.0 Å². The number of aromatic nitrogens is 6. The highest BCUT2D eigenvalue weighted by molar-refractivity contribution is 6.00. The fourth-order valence-corrected chi connectivity index (χ4v) is 2.78. The summed E-state index contributed by atoms with van der Waals surface area (Å²) < 4.78 is 1.91. The SMILES string of the molecule is Cc1cc(C)n2ccc(C(=O)NC(C)c3nnn(C4CC4)n3)c2n1. The standard InChI is InChI=1S/C16H19N7O/c1-9-8-10(2)22-7-6-13(15(22)17-9)16(24)18-11(3)14-19-21-23(20-14)12-4-5-12/h6-8,11-12H,4-5H2,1-3H3,(H,18,24). The molecule has 0 radical (unpaired) electrons. The highest BCUT2D eigenvalue weighted by Gasteiger charge is 2.27. The lowest BCUT2D eigenvalue weighted by Crippen LogP contribution is -2.27. The van der Waals surface area contributed by atoms with E-state index in [4.69, 9.17) is 0 Å². The van der Waals surface area contributed by atoms with Crippen molar-refractivity contribution in [2.24, 2.45) is 0 Å². The molecule has 0 aliphatic heterocycles. The number of amides is 1. The summed E-state index contributed by atoms with van der Waals surface area (Å²) in [6.45, 7) is 5.77. The van der Waals surface area contributed by atoms with Crippen LogP contribution in [0.4, 0.5) is 0 Å². The van der Waals surface area contributed by atoms with Gasteiger partial charge in [-0.2, -0.15) is 4.80 Å². The molecular formula is C16H19N7O. The Bertz CT molecular complexity index is 922. The molecule has 0 aromatic carbocycles. The normalized spacial score (nSPS) is 15.6. The van der Waals surface area contributed by atoms with Gasteiger partial charge in [0, 0.05) is 17.6 Å². The van der Waals surface area contributed by atoms with Gasteiger partial charge in [-0.25, -0.2) is 4.98 Å². The highest BCUT2D eigenvalue weighted by Crippen LogP contribution is 2.33.